The van der Waals surface area contributed by atoms with E-state index in [1.54, 1.807) is 23.7 Å². The molecule has 1 aliphatic carbocycles. The van der Waals surface area contributed by atoms with Crippen molar-refractivity contribution in [3.8, 4) is 5.75 Å². The molecule has 1 unspecified atom stereocenters. The van der Waals surface area contributed by atoms with Gasteiger partial charge in [0, 0.05) is 12.5 Å². The van der Waals surface area contributed by atoms with E-state index in [1.807, 2.05) is 11.0 Å². The fourth-order valence-corrected chi connectivity index (χ4v) is 3.81. The van der Waals surface area contributed by atoms with E-state index in [0.717, 1.165) is 29.0 Å². The number of carbonyl (C=O) groups excluding carboxylic acids is 1. The summed E-state index contributed by atoms with van der Waals surface area (Å²) in [5.41, 5.74) is 3.64. The molecule has 6 heteroatoms. The Morgan fingerprint density at radius 1 is 1.39 bits per heavy atom. The maximum atomic E-state index is 12.8. The van der Waals surface area contributed by atoms with Crippen LogP contribution in [-0.4, -0.2) is 40.6 Å². The minimum atomic E-state index is -0.197. The summed E-state index contributed by atoms with van der Waals surface area (Å²) < 4.78 is 5.79. The summed E-state index contributed by atoms with van der Waals surface area (Å²) in [6, 6.07) is 7.04. The summed E-state index contributed by atoms with van der Waals surface area (Å²) in [7, 11) is 0. The quantitative estimate of drug-likeness (QED) is 0.940. The van der Waals surface area contributed by atoms with Crippen LogP contribution in [0.4, 0.5) is 0 Å². The zero-order valence-corrected chi connectivity index (χ0v) is 13.5. The topological polar surface area (TPSA) is 62.7 Å². The van der Waals surface area contributed by atoms with Crippen LogP contribution >= 0.6 is 11.3 Å². The number of hydrogen-bond donors (Lipinski definition) is 1. The standard InChI is InChI=1S/C17H18N2O3S/c20-13-3-1-2-12(8-13)14-9-19(6-7-22-14)17(21)16-15(11-4-5-11)18-10-23-16/h1-3,8,10-11,14,20H,4-7,9H2. The van der Waals surface area contributed by atoms with Crippen LogP contribution in [0.25, 0.3) is 0 Å². The molecule has 1 N–H and O–H groups in total. The fourth-order valence-electron chi connectivity index (χ4n) is 2.97. The van der Waals surface area contributed by atoms with Crippen LogP contribution in [0, 0.1) is 0 Å². The molecular formula is C17H18N2O3S. The Kier molecular flexibility index (Phi) is 3.79. The highest BCUT2D eigenvalue weighted by atomic mass is 32.1. The smallest absolute Gasteiger partial charge is 0.266 e. The van der Waals surface area contributed by atoms with Crippen LogP contribution in [-0.2, 0) is 4.74 Å². The first-order valence-electron chi connectivity index (χ1n) is 7.85. The summed E-state index contributed by atoms with van der Waals surface area (Å²) in [5.74, 6) is 0.749. The molecule has 1 aromatic carbocycles. The fraction of sp³-hybridized carbons (Fsp3) is 0.412. The number of morpholine rings is 1. The molecule has 1 saturated carbocycles. The molecule has 5 nitrogen and oxygen atoms in total. The third-order valence-corrected chi connectivity index (χ3v) is 5.18. The van der Waals surface area contributed by atoms with E-state index in [4.69, 9.17) is 4.74 Å². The van der Waals surface area contributed by atoms with Crippen molar-refractivity contribution in [3.05, 3.63) is 45.9 Å². The van der Waals surface area contributed by atoms with Crippen molar-refractivity contribution in [1.82, 2.24) is 9.88 Å². The van der Waals surface area contributed by atoms with Crippen molar-refractivity contribution in [3.63, 3.8) is 0 Å². The maximum absolute atomic E-state index is 12.8. The number of nitrogens with zero attached hydrogens (tertiary/aromatic N) is 2. The lowest BCUT2D eigenvalue weighted by Crippen LogP contribution is -2.42. The first-order chi connectivity index (χ1) is 11.2. The van der Waals surface area contributed by atoms with Crippen molar-refractivity contribution in [1.29, 1.82) is 0 Å². The number of benzene rings is 1. The Hall–Kier alpha value is -1.92. The van der Waals surface area contributed by atoms with Gasteiger partial charge in [0.2, 0.25) is 0 Å². The molecule has 2 aliphatic rings. The number of thiazole rings is 1. The Morgan fingerprint density at radius 3 is 3.04 bits per heavy atom. The first kappa shape index (κ1) is 14.7. The summed E-state index contributed by atoms with van der Waals surface area (Å²) in [6.45, 7) is 1.60. The minimum Gasteiger partial charge on any atom is -0.508 e. The number of phenolic OH excluding ortho intramolecular Hbond substituents is 1. The molecule has 1 atom stereocenters. The second-order valence-electron chi connectivity index (χ2n) is 6.05. The molecule has 2 heterocycles. The van der Waals surface area contributed by atoms with Crippen molar-refractivity contribution < 1.29 is 14.6 Å². The number of amides is 1. The highest BCUT2D eigenvalue weighted by molar-refractivity contribution is 7.11. The van der Waals surface area contributed by atoms with Crippen molar-refractivity contribution >= 4 is 17.2 Å². The zero-order valence-electron chi connectivity index (χ0n) is 12.6. The Balaban J connectivity index is 1.52. The molecule has 120 valence electrons. The number of hydrogen-bond acceptors (Lipinski definition) is 5. The Labute approximate surface area is 138 Å². The molecule has 1 aliphatic heterocycles. The summed E-state index contributed by atoms with van der Waals surface area (Å²) in [4.78, 5) is 19.9. The Morgan fingerprint density at radius 2 is 2.26 bits per heavy atom. The third-order valence-electron chi connectivity index (χ3n) is 4.35. The van der Waals surface area contributed by atoms with Gasteiger partial charge in [0.15, 0.2) is 0 Å². The highest BCUT2D eigenvalue weighted by Crippen LogP contribution is 2.42. The van der Waals surface area contributed by atoms with Crippen LogP contribution < -0.4 is 0 Å². The molecule has 2 aromatic rings. The molecule has 0 radical (unpaired) electrons. The third kappa shape index (κ3) is 2.96. The Bertz CT molecular complexity index is 726. The van der Waals surface area contributed by atoms with Gasteiger partial charge in [0.05, 0.1) is 24.4 Å². The van der Waals surface area contributed by atoms with Crippen LogP contribution in [0.3, 0.4) is 0 Å². The van der Waals surface area contributed by atoms with Gasteiger partial charge in [-0.2, -0.15) is 0 Å². The number of phenols is 1. The van der Waals surface area contributed by atoms with Crippen molar-refractivity contribution in [2.45, 2.75) is 24.9 Å². The number of rotatable bonds is 3. The normalized spacial score (nSPS) is 21.4. The molecule has 0 spiro atoms. The summed E-state index contributed by atoms with van der Waals surface area (Å²) >= 11 is 1.44. The number of carbonyl (C=O) groups is 1. The predicted octanol–water partition coefficient (Wildman–Crippen LogP) is 2.94. The lowest BCUT2D eigenvalue weighted by atomic mass is 10.1. The second-order valence-corrected chi connectivity index (χ2v) is 6.90. The largest absolute Gasteiger partial charge is 0.508 e. The van der Waals surface area contributed by atoms with Gasteiger partial charge in [0.25, 0.3) is 5.91 Å². The van der Waals surface area contributed by atoms with Gasteiger partial charge in [-0.3, -0.25) is 4.79 Å². The monoisotopic (exact) mass is 330 g/mol. The molecular weight excluding hydrogens is 312 g/mol. The van der Waals surface area contributed by atoms with Gasteiger partial charge in [-0.1, -0.05) is 12.1 Å². The van der Waals surface area contributed by atoms with E-state index in [0.29, 0.717) is 25.6 Å². The van der Waals surface area contributed by atoms with Crippen LogP contribution in [0.2, 0.25) is 0 Å². The van der Waals surface area contributed by atoms with E-state index >= 15 is 0 Å². The molecule has 1 saturated heterocycles. The molecule has 2 fully saturated rings. The molecule has 4 rings (SSSR count). The SMILES string of the molecule is O=C(c1scnc1C1CC1)N1CCOC(c2cccc(O)c2)C1. The van der Waals surface area contributed by atoms with Gasteiger partial charge in [-0.15, -0.1) is 11.3 Å². The summed E-state index contributed by atoms with van der Waals surface area (Å²) in [5, 5.41) is 9.63. The van der Waals surface area contributed by atoms with Crippen LogP contribution in [0.15, 0.2) is 29.8 Å². The molecule has 1 amide bonds. The highest BCUT2D eigenvalue weighted by Gasteiger charge is 2.34. The predicted molar refractivity (Wildman–Crippen MR) is 86.8 cm³/mol. The lowest BCUT2D eigenvalue weighted by Gasteiger charge is -2.33. The number of aromatic hydroxyl groups is 1. The van der Waals surface area contributed by atoms with Gasteiger partial charge < -0.3 is 14.7 Å². The van der Waals surface area contributed by atoms with Crippen LogP contribution in [0.1, 0.15) is 45.8 Å². The molecule has 23 heavy (non-hydrogen) atoms. The second kappa shape index (κ2) is 5.94. The number of aromatic nitrogens is 1. The van der Waals surface area contributed by atoms with E-state index in [1.165, 1.54) is 11.3 Å². The van der Waals surface area contributed by atoms with Crippen molar-refractivity contribution in [2.75, 3.05) is 19.7 Å². The van der Waals surface area contributed by atoms with Gasteiger partial charge in [0.1, 0.15) is 16.7 Å². The van der Waals surface area contributed by atoms with Crippen molar-refractivity contribution in [2.24, 2.45) is 0 Å². The van der Waals surface area contributed by atoms with Gasteiger partial charge in [-0.25, -0.2) is 4.98 Å². The van der Waals surface area contributed by atoms with Gasteiger partial charge >= 0.3 is 0 Å². The van der Waals surface area contributed by atoms with E-state index in [9.17, 15) is 9.90 Å². The van der Waals surface area contributed by atoms with E-state index < -0.39 is 0 Å². The maximum Gasteiger partial charge on any atom is 0.266 e. The molecule has 0 bridgehead atoms. The average molecular weight is 330 g/mol. The average Bonchev–Trinajstić information content (AvgIpc) is 3.31. The van der Waals surface area contributed by atoms with Crippen LogP contribution in [0.5, 0.6) is 5.75 Å². The van der Waals surface area contributed by atoms with E-state index in [-0.39, 0.29) is 17.8 Å². The van der Waals surface area contributed by atoms with Gasteiger partial charge in [-0.05, 0) is 30.5 Å². The molecule has 1 aromatic heterocycles. The first-order valence-corrected chi connectivity index (χ1v) is 8.73. The van der Waals surface area contributed by atoms with E-state index in [2.05, 4.69) is 4.98 Å². The zero-order chi connectivity index (χ0) is 15.8. The minimum absolute atomic E-state index is 0.0582. The number of ether oxygens (including phenoxy) is 1. The summed E-state index contributed by atoms with van der Waals surface area (Å²) in [6.07, 6.45) is 2.08. The lowest BCUT2D eigenvalue weighted by molar-refractivity contribution is -0.0227.